The maximum Gasteiger partial charge on any atom is 0.338 e. The van der Waals surface area contributed by atoms with Crippen molar-refractivity contribution in [2.45, 2.75) is 190 Å². The third-order valence-corrected chi connectivity index (χ3v) is 17.0. The molecule has 4 fully saturated rings. The van der Waals surface area contributed by atoms with E-state index in [0.29, 0.717) is 85.8 Å². The molecule has 1 aromatic rings. The highest BCUT2D eigenvalue weighted by Gasteiger charge is 2.38. The second-order valence-corrected chi connectivity index (χ2v) is 21.6. The van der Waals surface area contributed by atoms with E-state index < -0.39 is 35.7 Å². The molecular weight excluding hydrogens is 907 g/mol. The van der Waals surface area contributed by atoms with E-state index in [-0.39, 0.29) is 70.6 Å². The first kappa shape index (κ1) is 53.1. The van der Waals surface area contributed by atoms with E-state index in [1.165, 1.54) is 38.5 Å². The van der Waals surface area contributed by atoms with Crippen molar-refractivity contribution in [1.82, 2.24) is 0 Å². The highest BCUT2D eigenvalue weighted by Crippen LogP contribution is 2.59. The second kappa shape index (κ2) is 27.2. The Bertz CT molecular complexity index is 1890. The number of thioether (sulfide) groups is 2. The normalized spacial score (nSPS) is 25.7. The highest BCUT2D eigenvalue weighted by molar-refractivity contribution is 8.24. The zero-order valence-electron chi connectivity index (χ0n) is 40.1. The van der Waals surface area contributed by atoms with Crippen LogP contribution >= 0.6 is 23.5 Å². The number of ether oxygens (including phenoxy) is 6. The van der Waals surface area contributed by atoms with Crippen molar-refractivity contribution in [2.24, 2.45) is 35.5 Å². The van der Waals surface area contributed by atoms with Gasteiger partial charge in [0.2, 0.25) is 0 Å². The average molecular weight is 978 g/mol. The van der Waals surface area contributed by atoms with Crippen LogP contribution in [0.25, 0.3) is 4.85 Å². The molecule has 0 spiro atoms. The SMILES string of the molecule is [C-]#[N+]C(C(=O)OCCCCOC(=O)C=C)=C1Sc2c(OC(=O)C3CCC(OC(=O)C4CCC(CCCC)CC4)CC3)ccc(OC(=O)C3CCC(OC(=O)C4CCC(CCCC)CC4)CC3)c2S1. The standard InChI is InChI=1S/C53H71NO12S2/c1-5-8-12-34-14-18-36(19-15-34)48(56)63-40-26-22-38(23-27-40)50(58)65-42-30-31-43(47-46(42)67-53(68-47)45(54-4)52(60)62-33-11-10-32-61-44(55)7-3)66-51(59)39-24-28-41(29-25-39)64-49(57)37-20-16-35(17-21-37)13-9-6-2/h7,30-31,34-41H,3,5-6,8-29,32-33H2,1-2H3. The largest absolute Gasteiger partial charge is 0.471 e. The summed E-state index contributed by atoms with van der Waals surface area (Å²) in [5, 5.41) is 0. The first-order chi connectivity index (χ1) is 33.0. The fourth-order valence-corrected chi connectivity index (χ4v) is 12.7. The van der Waals surface area contributed by atoms with Crippen molar-refractivity contribution in [3.63, 3.8) is 0 Å². The van der Waals surface area contributed by atoms with Crippen molar-refractivity contribution in [3.8, 4) is 11.5 Å². The predicted octanol–water partition coefficient (Wildman–Crippen LogP) is 12.0. The van der Waals surface area contributed by atoms with Crippen LogP contribution in [0.2, 0.25) is 0 Å². The Morgan fingerprint density at radius 3 is 1.38 bits per heavy atom. The van der Waals surface area contributed by atoms with Crippen LogP contribution in [-0.2, 0) is 47.7 Å². The molecule has 0 unspecified atom stereocenters. The van der Waals surface area contributed by atoms with Crippen LogP contribution in [-0.4, -0.2) is 61.2 Å². The van der Waals surface area contributed by atoms with E-state index >= 15 is 0 Å². The molecule has 0 saturated heterocycles. The van der Waals surface area contributed by atoms with Gasteiger partial charge in [-0.25, -0.2) is 9.64 Å². The lowest BCUT2D eigenvalue weighted by atomic mass is 9.80. The molecule has 68 heavy (non-hydrogen) atoms. The molecule has 5 aliphatic rings. The molecule has 372 valence electrons. The van der Waals surface area contributed by atoms with Crippen LogP contribution in [0.1, 0.15) is 168 Å². The van der Waals surface area contributed by atoms with Crippen molar-refractivity contribution in [1.29, 1.82) is 0 Å². The monoisotopic (exact) mass is 977 g/mol. The number of esters is 6. The lowest BCUT2D eigenvalue weighted by Gasteiger charge is -2.31. The number of nitrogens with zero attached hydrogens (tertiary/aromatic N) is 1. The van der Waals surface area contributed by atoms with Gasteiger partial charge in [0.05, 0.1) is 57.5 Å². The quantitative estimate of drug-likeness (QED) is 0.0285. The van der Waals surface area contributed by atoms with Gasteiger partial charge in [-0.15, -0.1) is 0 Å². The molecule has 1 heterocycles. The summed E-state index contributed by atoms with van der Waals surface area (Å²) in [6, 6.07) is 3.14. The number of rotatable bonds is 21. The van der Waals surface area contributed by atoms with Crippen molar-refractivity contribution in [3.05, 3.63) is 46.1 Å². The second-order valence-electron chi connectivity index (χ2n) is 19.3. The molecule has 0 atom stereocenters. The molecule has 15 heteroatoms. The molecular formula is C53H71NO12S2. The summed E-state index contributed by atoms with van der Waals surface area (Å²) < 4.78 is 34.7. The topological polar surface area (TPSA) is 162 Å². The molecule has 0 N–H and O–H groups in total. The third-order valence-electron chi connectivity index (χ3n) is 14.4. The van der Waals surface area contributed by atoms with Crippen LogP contribution in [0.5, 0.6) is 11.5 Å². The van der Waals surface area contributed by atoms with Gasteiger partial charge in [-0.1, -0.05) is 82.5 Å². The minimum atomic E-state index is -0.836. The van der Waals surface area contributed by atoms with Gasteiger partial charge >= 0.3 is 35.8 Å². The Kier molecular flexibility index (Phi) is 21.2. The summed E-state index contributed by atoms with van der Waals surface area (Å²) in [6.07, 6.45) is 20.7. The molecule has 13 nitrogen and oxygen atoms in total. The zero-order valence-corrected chi connectivity index (χ0v) is 41.7. The predicted molar refractivity (Wildman–Crippen MR) is 258 cm³/mol. The molecule has 1 aliphatic heterocycles. The number of unbranched alkanes of at least 4 members (excludes halogenated alkanes) is 3. The molecule has 0 bridgehead atoms. The van der Waals surface area contributed by atoms with Gasteiger partial charge < -0.3 is 28.4 Å². The number of fused-ring (bicyclic) bond motifs is 1. The molecule has 0 aromatic heterocycles. The van der Waals surface area contributed by atoms with Gasteiger partial charge in [0.1, 0.15) is 23.7 Å². The van der Waals surface area contributed by atoms with Gasteiger partial charge in [0.15, 0.2) is 0 Å². The molecule has 0 amide bonds. The highest BCUT2D eigenvalue weighted by atomic mass is 32.2. The third kappa shape index (κ3) is 15.4. The molecule has 6 rings (SSSR count). The van der Waals surface area contributed by atoms with E-state index in [9.17, 15) is 28.8 Å². The van der Waals surface area contributed by atoms with Crippen molar-refractivity contribution in [2.75, 3.05) is 13.2 Å². The molecule has 4 aliphatic carbocycles. The summed E-state index contributed by atoms with van der Waals surface area (Å²) in [5.41, 5.74) is -0.265. The zero-order chi connectivity index (χ0) is 48.4. The van der Waals surface area contributed by atoms with Crippen LogP contribution in [0.3, 0.4) is 0 Å². The first-order valence-corrected chi connectivity index (χ1v) is 27.1. The van der Waals surface area contributed by atoms with Crippen LogP contribution in [0.15, 0.2) is 44.5 Å². The maximum absolute atomic E-state index is 13.7. The van der Waals surface area contributed by atoms with Crippen LogP contribution in [0, 0.1) is 42.1 Å². The average Bonchev–Trinajstić information content (AvgIpc) is 3.81. The Morgan fingerprint density at radius 1 is 0.588 bits per heavy atom. The van der Waals surface area contributed by atoms with E-state index in [1.54, 1.807) is 12.1 Å². The minimum absolute atomic E-state index is 0.00603. The minimum Gasteiger partial charge on any atom is -0.471 e. The Labute approximate surface area is 411 Å². The van der Waals surface area contributed by atoms with Crippen LogP contribution < -0.4 is 9.47 Å². The fourth-order valence-electron chi connectivity index (χ4n) is 10.1. The molecule has 4 saturated carbocycles. The van der Waals surface area contributed by atoms with Gasteiger partial charge in [0, 0.05) is 6.08 Å². The van der Waals surface area contributed by atoms with Crippen LogP contribution in [0.4, 0.5) is 0 Å². The van der Waals surface area contributed by atoms with E-state index in [1.807, 2.05) is 0 Å². The summed E-state index contributed by atoms with van der Waals surface area (Å²) >= 11 is 2.15. The number of carbonyl (C=O) groups excluding carboxylic acids is 6. The summed E-state index contributed by atoms with van der Waals surface area (Å²) in [6.45, 7) is 15.8. The Balaban J connectivity index is 1.06. The maximum atomic E-state index is 13.7. The Morgan fingerprint density at radius 2 is 0.985 bits per heavy atom. The lowest BCUT2D eigenvalue weighted by Crippen LogP contribution is -2.33. The Hall–Kier alpha value is -4.29. The number of carbonyl (C=O) groups is 6. The fraction of sp³-hybridized carbons (Fsp3) is 0.679. The smallest absolute Gasteiger partial charge is 0.338 e. The lowest BCUT2D eigenvalue weighted by molar-refractivity contribution is -0.159. The van der Waals surface area contributed by atoms with E-state index in [2.05, 4.69) is 25.3 Å². The van der Waals surface area contributed by atoms with Crippen molar-refractivity contribution >= 4 is 59.3 Å². The number of benzene rings is 1. The van der Waals surface area contributed by atoms with Gasteiger partial charge in [-0.2, -0.15) is 0 Å². The van der Waals surface area contributed by atoms with Crippen molar-refractivity contribution < 1.29 is 57.2 Å². The van der Waals surface area contributed by atoms with E-state index in [4.69, 9.17) is 35.0 Å². The number of hydrogen-bond donors (Lipinski definition) is 0. The summed E-state index contributed by atoms with van der Waals surface area (Å²) in [7, 11) is 0. The number of hydrogen-bond acceptors (Lipinski definition) is 14. The van der Waals surface area contributed by atoms with E-state index in [0.717, 1.165) is 81.0 Å². The summed E-state index contributed by atoms with van der Waals surface area (Å²) in [5.74, 6) is -1.61. The summed E-state index contributed by atoms with van der Waals surface area (Å²) in [4.78, 5) is 82.6. The first-order valence-electron chi connectivity index (χ1n) is 25.4. The molecule has 0 radical (unpaired) electrons. The van der Waals surface area contributed by atoms with Gasteiger partial charge in [-0.3, -0.25) is 24.0 Å². The van der Waals surface area contributed by atoms with Gasteiger partial charge in [0.25, 0.3) is 5.70 Å². The molecule has 1 aromatic carbocycles. The van der Waals surface area contributed by atoms with Gasteiger partial charge in [-0.05, 0) is 140 Å².